The highest BCUT2D eigenvalue weighted by molar-refractivity contribution is 7.99. The number of H-pyrrole nitrogens is 1. The number of benzene rings is 1. The van der Waals surface area contributed by atoms with Gasteiger partial charge in [0.15, 0.2) is 16.8 Å². The Balaban J connectivity index is 2.11. The first kappa shape index (κ1) is 16.6. The molecule has 5 nitrogen and oxygen atoms in total. The van der Waals surface area contributed by atoms with Gasteiger partial charge in [-0.15, -0.1) is 0 Å². The monoisotopic (exact) mass is 351 g/mol. The maximum absolute atomic E-state index is 14.1. The highest BCUT2D eigenvalue weighted by Crippen LogP contribution is 2.36. The number of carbonyl (C=O) groups is 1. The summed E-state index contributed by atoms with van der Waals surface area (Å²) in [5.41, 5.74) is -0.320. The van der Waals surface area contributed by atoms with Crippen LogP contribution in [0.4, 0.5) is 14.6 Å². The van der Waals surface area contributed by atoms with Crippen LogP contribution in [0.3, 0.4) is 0 Å². The van der Waals surface area contributed by atoms with Crippen molar-refractivity contribution in [1.82, 2.24) is 9.97 Å². The number of aromatic nitrogens is 2. The van der Waals surface area contributed by atoms with Crippen molar-refractivity contribution in [3.63, 3.8) is 0 Å². The van der Waals surface area contributed by atoms with Crippen molar-refractivity contribution in [2.45, 2.75) is 30.8 Å². The summed E-state index contributed by atoms with van der Waals surface area (Å²) in [6, 6.07) is 3.73. The second-order valence-corrected chi connectivity index (χ2v) is 6.51. The van der Waals surface area contributed by atoms with Crippen molar-refractivity contribution >= 4 is 23.5 Å². The number of rotatable bonds is 4. The van der Waals surface area contributed by atoms with Crippen LogP contribution in [-0.2, 0) is 4.79 Å². The van der Waals surface area contributed by atoms with Crippen molar-refractivity contribution < 1.29 is 13.6 Å². The summed E-state index contributed by atoms with van der Waals surface area (Å²) in [7, 11) is 0. The number of nitrogens with one attached hydrogen (secondary N) is 2. The molecule has 8 heteroatoms. The number of nitrogens with zero attached hydrogens (tertiary/aromatic N) is 1. The minimum atomic E-state index is -1.05. The molecule has 1 aromatic carbocycles. The second kappa shape index (κ2) is 6.72. The van der Waals surface area contributed by atoms with Crippen LogP contribution in [-0.4, -0.2) is 21.6 Å². The predicted octanol–water partition coefficient (Wildman–Crippen LogP) is 3.02. The van der Waals surface area contributed by atoms with E-state index in [0.717, 1.165) is 18.2 Å². The molecule has 0 spiro atoms. The topological polar surface area (TPSA) is 74.8 Å². The van der Waals surface area contributed by atoms with Crippen molar-refractivity contribution in [3.8, 4) is 0 Å². The first-order valence-corrected chi connectivity index (χ1v) is 8.50. The zero-order valence-electron chi connectivity index (χ0n) is 12.9. The van der Waals surface area contributed by atoms with E-state index in [2.05, 4.69) is 15.3 Å². The first-order chi connectivity index (χ1) is 11.5. The number of aromatic amines is 1. The minimum absolute atomic E-state index is 0.0210. The van der Waals surface area contributed by atoms with Gasteiger partial charge in [0.05, 0.1) is 5.56 Å². The molecule has 1 unspecified atom stereocenters. The Labute approximate surface area is 140 Å². The molecule has 0 saturated carbocycles. The lowest BCUT2D eigenvalue weighted by molar-refractivity contribution is -0.116. The van der Waals surface area contributed by atoms with Gasteiger partial charge >= 0.3 is 0 Å². The van der Waals surface area contributed by atoms with E-state index in [9.17, 15) is 18.4 Å². The van der Waals surface area contributed by atoms with Gasteiger partial charge in [0.25, 0.3) is 5.56 Å². The van der Waals surface area contributed by atoms with Gasteiger partial charge in [-0.1, -0.05) is 30.8 Å². The highest BCUT2D eigenvalue weighted by Gasteiger charge is 2.33. The van der Waals surface area contributed by atoms with E-state index in [1.807, 2.05) is 6.92 Å². The molecule has 2 heterocycles. The molecule has 24 heavy (non-hydrogen) atoms. The van der Waals surface area contributed by atoms with E-state index in [1.54, 1.807) is 0 Å². The molecular weight excluding hydrogens is 336 g/mol. The Hall–Kier alpha value is -2.22. The van der Waals surface area contributed by atoms with Gasteiger partial charge in [-0.3, -0.25) is 9.59 Å². The van der Waals surface area contributed by atoms with Crippen molar-refractivity contribution in [2.24, 2.45) is 0 Å². The molecule has 0 fully saturated rings. The van der Waals surface area contributed by atoms with Crippen LogP contribution in [0.2, 0.25) is 0 Å². The molecule has 0 bridgehead atoms. The van der Waals surface area contributed by atoms with Gasteiger partial charge < -0.3 is 10.3 Å². The summed E-state index contributed by atoms with van der Waals surface area (Å²) >= 11 is 1.36. The van der Waals surface area contributed by atoms with Crippen LogP contribution in [0.5, 0.6) is 0 Å². The molecule has 1 atom stereocenters. The number of halogens is 2. The highest BCUT2D eigenvalue weighted by atomic mass is 32.2. The second-order valence-electron chi connectivity index (χ2n) is 5.43. The molecule has 2 aromatic rings. The maximum Gasteiger partial charge on any atom is 0.257 e. The summed E-state index contributed by atoms with van der Waals surface area (Å²) in [6.45, 7) is 1.99. The molecule has 1 amide bonds. The van der Waals surface area contributed by atoms with Gasteiger partial charge in [-0.05, 0) is 18.1 Å². The summed E-state index contributed by atoms with van der Waals surface area (Å²) in [6.07, 6.45) is 0.758. The first-order valence-electron chi connectivity index (χ1n) is 7.52. The summed E-state index contributed by atoms with van der Waals surface area (Å²) in [4.78, 5) is 31.3. The zero-order chi connectivity index (χ0) is 17.3. The fraction of sp³-hybridized carbons (Fsp3) is 0.312. The Bertz CT molecular complexity index is 854. The van der Waals surface area contributed by atoms with Crippen LogP contribution < -0.4 is 10.9 Å². The third-order valence-corrected chi connectivity index (χ3v) is 4.81. The largest absolute Gasteiger partial charge is 0.310 e. The maximum atomic E-state index is 14.1. The molecule has 1 aliphatic heterocycles. The van der Waals surface area contributed by atoms with Crippen LogP contribution in [0.1, 0.15) is 36.8 Å². The summed E-state index contributed by atoms with van der Waals surface area (Å²) in [5.74, 6) is -2.45. The van der Waals surface area contributed by atoms with E-state index in [4.69, 9.17) is 0 Å². The van der Waals surface area contributed by atoms with E-state index < -0.39 is 23.1 Å². The normalized spacial score (nSPS) is 16.6. The molecule has 1 aromatic heterocycles. The molecular formula is C16H15F2N3O2S. The number of thioether (sulfide) groups is 1. The van der Waals surface area contributed by atoms with Gasteiger partial charge in [0.1, 0.15) is 5.82 Å². The number of hydrogen-bond acceptors (Lipinski definition) is 4. The van der Waals surface area contributed by atoms with Crippen molar-refractivity contribution in [3.05, 3.63) is 51.3 Å². The zero-order valence-corrected chi connectivity index (χ0v) is 13.7. The van der Waals surface area contributed by atoms with Gasteiger partial charge in [-0.2, -0.15) is 0 Å². The lowest BCUT2D eigenvalue weighted by atomic mass is 9.86. The van der Waals surface area contributed by atoms with E-state index in [0.29, 0.717) is 5.16 Å². The molecule has 0 radical (unpaired) electrons. The van der Waals surface area contributed by atoms with Gasteiger partial charge in [-0.25, -0.2) is 13.8 Å². The van der Waals surface area contributed by atoms with E-state index >= 15 is 0 Å². The van der Waals surface area contributed by atoms with Gasteiger partial charge in [0.2, 0.25) is 5.91 Å². The fourth-order valence-corrected chi connectivity index (χ4v) is 3.39. The number of fused-ring (bicyclic) bond motifs is 1. The molecule has 0 aliphatic carbocycles. The van der Waals surface area contributed by atoms with Crippen LogP contribution >= 0.6 is 11.8 Å². The van der Waals surface area contributed by atoms with Crippen LogP contribution in [0, 0.1) is 11.6 Å². The number of hydrogen-bond donors (Lipinski definition) is 2. The molecule has 1 aliphatic rings. The smallest absolute Gasteiger partial charge is 0.257 e. The third-order valence-electron chi connectivity index (χ3n) is 3.73. The fourth-order valence-electron chi connectivity index (χ4n) is 2.67. The number of anilines is 1. The number of carbonyl (C=O) groups excluding carboxylic acids is 1. The quantitative estimate of drug-likeness (QED) is 0.656. The van der Waals surface area contributed by atoms with Crippen molar-refractivity contribution in [2.75, 3.05) is 11.1 Å². The van der Waals surface area contributed by atoms with Crippen LogP contribution in [0.15, 0.2) is 28.2 Å². The predicted molar refractivity (Wildman–Crippen MR) is 87.3 cm³/mol. The summed E-state index contributed by atoms with van der Waals surface area (Å²) < 4.78 is 27.7. The SMILES string of the molecule is CCCSc1nc2c(c(=O)[nH]1)C(c1cccc(F)c1F)CC(=O)N2. The average Bonchev–Trinajstić information content (AvgIpc) is 2.54. The molecule has 3 rings (SSSR count). The Kier molecular flexibility index (Phi) is 4.66. The Morgan fingerprint density at radius 3 is 2.88 bits per heavy atom. The van der Waals surface area contributed by atoms with Crippen LogP contribution in [0.25, 0.3) is 0 Å². The third kappa shape index (κ3) is 3.06. The Morgan fingerprint density at radius 2 is 2.12 bits per heavy atom. The Morgan fingerprint density at radius 1 is 1.33 bits per heavy atom. The molecule has 0 saturated heterocycles. The lowest BCUT2D eigenvalue weighted by Crippen LogP contribution is -2.31. The number of amides is 1. The average molecular weight is 351 g/mol. The standard InChI is InChI=1S/C16H15F2N3O2S/c1-2-6-24-16-20-14-12(15(23)21-16)9(7-11(22)19-14)8-4-3-5-10(17)13(8)18/h3-5,9H,2,6-7H2,1H3,(H2,19,20,21,22,23). The van der Waals surface area contributed by atoms with E-state index in [1.165, 1.54) is 23.9 Å². The van der Waals surface area contributed by atoms with Crippen molar-refractivity contribution in [1.29, 1.82) is 0 Å². The molecule has 2 N–H and O–H groups in total. The summed E-state index contributed by atoms with van der Waals surface area (Å²) in [5, 5.41) is 2.94. The van der Waals surface area contributed by atoms with Gasteiger partial charge in [0, 0.05) is 18.1 Å². The van der Waals surface area contributed by atoms with E-state index in [-0.39, 0.29) is 29.3 Å². The lowest BCUT2D eigenvalue weighted by Gasteiger charge is -2.24. The molecule has 126 valence electrons. The minimum Gasteiger partial charge on any atom is -0.310 e.